The van der Waals surface area contributed by atoms with Gasteiger partial charge in [0.1, 0.15) is 0 Å². The fraction of sp³-hybridized carbons (Fsp3) is 0.238. The first kappa shape index (κ1) is 19.5. The molecule has 150 valence electrons. The van der Waals surface area contributed by atoms with Crippen molar-refractivity contribution in [3.63, 3.8) is 0 Å². The van der Waals surface area contributed by atoms with E-state index in [4.69, 9.17) is 11.6 Å². The molecule has 1 amide bonds. The Kier molecular flexibility index (Phi) is 5.08. The van der Waals surface area contributed by atoms with Gasteiger partial charge in [-0.15, -0.1) is 0 Å². The summed E-state index contributed by atoms with van der Waals surface area (Å²) in [4.78, 5) is 12.7. The maximum absolute atomic E-state index is 13.8. The molecule has 29 heavy (non-hydrogen) atoms. The number of benzene rings is 2. The second-order valence-corrected chi connectivity index (χ2v) is 7.41. The van der Waals surface area contributed by atoms with Gasteiger partial charge >= 0.3 is 6.18 Å². The van der Waals surface area contributed by atoms with Crippen molar-refractivity contribution in [3.8, 4) is 5.69 Å². The summed E-state index contributed by atoms with van der Waals surface area (Å²) in [6.45, 7) is 0. The number of rotatable bonds is 3. The van der Waals surface area contributed by atoms with Crippen LogP contribution in [0.4, 0.5) is 13.2 Å². The summed E-state index contributed by atoms with van der Waals surface area (Å²) in [5.41, 5.74) is 0.897. The molecule has 2 aromatic carbocycles. The average molecular weight is 420 g/mol. The summed E-state index contributed by atoms with van der Waals surface area (Å²) in [5, 5.41) is 6.97. The van der Waals surface area contributed by atoms with Gasteiger partial charge in [-0.25, -0.2) is 4.68 Å². The number of aromatic nitrogens is 2. The Labute approximate surface area is 170 Å². The predicted octanol–water partition coefficient (Wildman–Crippen LogP) is 4.83. The van der Waals surface area contributed by atoms with Crippen LogP contribution < -0.4 is 5.32 Å². The normalized spacial score (nSPS) is 16.3. The average Bonchev–Trinajstić information content (AvgIpc) is 3.14. The fourth-order valence-electron chi connectivity index (χ4n) is 3.65. The van der Waals surface area contributed by atoms with Crippen molar-refractivity contribution in [1.82, 2.24) is 15.1 Å². The Hall–Kier alpha value is -2.80. The smallest absolute Gasteiger partial charge is 0.349 e. The number of carbonyl (C=O) groups excluding carboxylic acids is 1. The van der Waals surface area contributed by atoms with Crippen LogP contribution in [0, 0.1) is 0 Å². The van der Waals surface area contributed by atoms with E-state index in [0.717, 1.165) is 22.9 Å². The quantitative estimate of drug-likeness (QED) is 0.661. The van der Waals surface area contributed by atoms with Crippen molar-refractivity contribution in [2.75, 3.05) is 0 Å². The molecular weight excluding hydrogens is 403 g/mol. The maximum Gasteiger partial charge on any atom is 0.434 e. The number of halogens is 4. The highest BCUT2D eigenvalue weighted by Crippen LogP contribution is 2.34. The molecule has 0 bridgehead atoms. The van der Waals surface area contributed by atoms with Crippen LogP contribution in [-0.4, -0.2) is 21.7 Å². The third kappa shape index (κ3) is 4.00. The Bertz CT molecular complexity index is 1040. The van der Waals surface area contributed by atoms with Gasteiger partial charge in [0.05, 0.1) is 17.4 Å². The first-order valence-corrected chi connectivity index (χ1v) is 9.49. The van der Waals surface area contributed by atoms with Crippen LogP contribution in [0.1, 0.15) is 33.6 Å². The van der Waals surface area contributed by atoms with Gasteiger partial charge in [0.2, 0.25) is 0 Å². The minimum absolute atomic E-state index is 0.173. The molecule has 1 N–H and O–H groups in total. The maximum atomic E-state index is 13.8. The number of fused-ring (bicyclic) bond motifs is 1. The second-order valence-electron chi connectivity index (χ2n) is 6.97. The van der Waals surface area contributed by atoms with Gasteiger partial charge in [0, 0.05) is 11.1 Å². The highest BCUT2D eigenvalue weighted by molar-refractivity contribution is 6.30. The van der Waals surface area contributed by atoms with Crippen molar-refractivity contribution >= 4 is 17.5 Å². The Morgan fingerprint density at radius 1 is 1.10 bits per heavy atom. The lowest BCUT2D eigenvalue weighted by molar-refractivity contribution is -0.143. The lowest BCUT2D eigenvalue weighted by Gasteiger charge is -2.25. The lowest BCUT2D eigenvalue weighted by atomic mass is 9.88. The van der Waals surface area contributed by atoms with Crippen molar-refractivity contribution < 1.29 is 18.0 Å². The SMILES string of the molecule is O=C(N[C@@H]1CCc2ccccc2C1)c1cnn(-c2ccc(Cl)cc2)c1C(F)(F)F. The van der Waals surface area contributed by atoms with E-state index in [1.165, 1.54) is 29.8 Å². The zero-order valence-corrected chi connectivity index (χ0v) is 16.0. The summed E-state index contributed by atoms with van der Waals surface area (Å²) in [6.07, 6.45) is -1.74. The number of carbonyl (C=O) groups is 1. The molecule has 3 aromatic rings. The zero-order chi connectivity index (χ0) is 20.6. The molecule has 1 heterocycles. The van der Waals surface area contributed by atoms with Crippen molar-refractivity contribution in [1.29, 1.82) is 0 Å². The summed E-state index contributed by atoms with van der Waals surface area (Å²) in [7, 11) is 0. The van der Waals surface area contributed by atoms with Crippen LogP contribution in [0.5, 0.6) is 0 Å². The van der Waals surface area contributed by atoms with E-state index < -0.39 is 23.3 Å². The van der Waals surface area contributed by atoms with Crippen LogP contribution in [0.25, 0.3) is 5.69 Å². The molecule has 0 aliphatic heterocycles. The molecule has 4 rings (SSSR count). The van der Waals surface area contributed by atoms with E-state index >= 15 is 0 Å². The minimum atomic E-state index is -4.75. The third-order valence-corrected chi connectivity index (χ3v) is 5.29. The Morgan fingerprint density at radius 2 is 1.79 bits per heavy atom. The molecule has 0 unspecified atom stereocenters. The van der Waals surface area contributed by atoms with E-state index in [2.05, 4.69) is 10.4 Å². The van der Waals surface area contributed by atoms with Crippen LogP contribution in [0.2, 0.25) is 5.02 Å². The summed E-state index contributed by atoms with van der Waals surface area (Å²) < 4.78 is 42.1. The van der Waals surface area contributed by atoms with Crippen molar-refractivity contribution in [3.05, 3.63) is 82.1 Å². The molecule has 1 atom stereocenters. The van der Waals surface area contributed by atoms with Gasteiger partial charge < -0.3 is 5.32 Å². The Balaban J connectivity index is 1.61. The van der Waals surface area contributed by atoms with Gasteiger partial charge in [0.15, 0.2) is 5.69 Å². The summed E-state index contributed by atoms with van der Waals surface area (Å²) in [5.74, 6) is -0.776. The fourth-order valence-corrected chi connectivity index (χ4v) is 3.78. The molecule has 1 aromatic heterocycles. The van der Waals surface area contributed by atoms with E-state index in [9.17, 15) is 18.0 Å². The number of nitrogens with zero attached hydrogens (tertiary/aromatic N) is 2. The molecule has 1 aliphatic carbocycles. The number of amides is 1. The molecule has 0 radical (unpaired) electrons. The lowest BCUT2D eigenvalue weighted by Crippen LogP contribution is -2.39. The predicted molar refractivity (Wildman–Crippen MR) is 103 cm³/mol. The number of nitrogens with one attached hydrogen (secondary N) is 1. The van der Waals surface area contributed by atoms with Crippen molar-refractivity contribution in [2.45, 2.75) is 31.5 Å². The first-order valence-electron chi connectivity index (χ1n) is 9.12. The molecule has 0 spiro atoms. The standard InChI is InChI=1S/C21H17ClF3N3O/c22-15-6-9-17(10-7-15)28-19(21(23,24)25)18(12-26-28)20(29)27-16-8-5-13-3-1-2-4-14(13)11-16/h1-4,6-7,9-10,12,16H,5,8,11H2,(H,27,29)/t16-/m1/s1. The second kappa shape index (κ2) is 7.55. The number of aryl methyl sites for hydroxylation is 1. The highest BCUT2D eigenvalue weighted by Gasteiger charge is 2.41. The van der Waals surface area contributed by atoms with Crippen LogP contribution in [-0.2, 0) is 19.0 Å². The van der Waals surface area contributed by atoms with Crippen LogP contribution >= 0.6 is 11.6 Å². The molecular formula is C21H17ClF3N3O. The summed E-state index contributed by atoms with van der Waals surface area (Å²) in [6, 6.07) is 13.4. The van der Waals surface area contributed by atoms with Gasteiger partial charge in [-0.3, -0.25) is 4.79 Å². The molecule has 0 saturated heterocycles. The molecule has 0 saturated carbocycles. The Morgan fingerprint density at radius 3 is 2.48 bits per heavy atom. The van der Waals surface area contributed by atoms with Gasteiger partial charge in [0.25, 0.3) is 5.91 Å². The third-order valence-electron chi connectivity index (χ3n) is 5.04. The van der Waals surface area contributed by atoms with Gasteiger partial charge in [-0.05, 0) is 54.7 Å². The molecule has 0 fully saturated rings. The van der Waals surface area contributed by atoms with E-state index in [1.54, 1.807) is 0 Å². The zero-order valence-electron chi connectivity index (χ0n) is 15.2. The number of hydrogen-bond donors (Lipinski definition) is 1. The monoisotopic (exact) mass is 419 g/mol. The van der Waals surface area contributed by atoms with E-state index in [0.29, 0.717) is 17.9 Å². The van der Waals surface area contributed by atoms with E-state index in [1.807, 2.05) is 24.3 Å². The highest BCUT2D eigenvalue weighted by atomic mass is 35.5. The molecule has 1 aliphatic rings. The minimum Gasteiger partial charge on any atom is -0.349 e. The first-order chi connectivity index (χ1) is 13.8. The van der Waals surface area contributed by atoms with E-state index in [-0.39, 0.29) is 11.7 Å². The number of hydrogen-bond acceptors (Lipinski definition) is 2. The van der Waals surface area contributed by atoms with Crippen molar-refractivity contribution in [2.24, 2.45) is 0 Å². The van der Waals surface area contributed by atoms with Crippen LogP contribution in [0.15, 0.2) is 54.7 Å². The largest absolute Gasteiger partial charge is 0.434 e. The molecule has 8 heteroatoms. The molecule has 4 nitrogen and oxygen atoms in total. The van der Waals surface area contributed by atoms with Gasteiger partial charge in [-0.1, -0.05) is 35.9 Å². The summed E-state index contributed by atoms with van der Waals surface area (Å²) >= 11 is 5.81. The van der Waals surface area contributed by atoms with Crippen LogP contribution in [0.3, 0.4) is 0 Å². The van der Waals surface area contributed by atoms with Gasteiger partial charge in [-0.2, -0.15) is 18.3 Å². The number of alkyl halides is 3. The topological polar surface area (TPSA) is 46.9 Å².